The van der Waals surface area contributed by atoms with Gasteiger partial charge in [0.25, 0.3) is 0 Å². The van der Waals surface area contributed by atoms with Crippen LogP contribution in [-0.4, -0.2) is 32.0 Å². The zero-order valence-corrected chi connectivity index (χ0v) is 11.2. The summed E-state index contributed by atoms with van der Waals surface area (Å²) in [6.07, 6.45) is 0.304. The van der Waals surface area contributed by atoms with E-state index in [9.17, 15) is 13.2 Å². The molecule has 0 radical (unpaired) electrons. The van der Waals surface area contributed by atoms with Gasteiger partial charge in [0.05, 0.1) is 6.61 Å². The molecule has 1 aliphatic carbocycles. The lowest BCUT2D eigenvalue weighted by atomic mass is 9.79. The van der Waals surface area contributed by atoms with Crippen molar-refractivity contribution in [3.8, 4) is 0 Å². The fraction of sp³-hybridized carbons (Fsp3) is 1.00. The molecular weight excluding hydrogens is 243 g/mol. The van der Waals surface area contributed by atoms with Crippen LogP contribution in [0.5, 0.6) is 0 Å². The number of nitrogens with one attached hydrogen (secondary N) is 1. The summed E-state index contributed by atoms with van der Waals surface area (Å²) < 4.78 is 40.9. The van der Waals surface area contributed by atoms with E-state index in [4.69, 9.17) is 4.74 Å². The van der Waals surface area contributed by atoms with E-state index in [0.29, 0.717) is 5.92 Å². The van der Waals surface area contributed by atoms with Crippen molar-refractivity contribution in [3.05, 3.63) is 0 Å². The Morgan fingerprint density at radius 2 is 1.83 bits per heavy atom. The highest BCUT2D eigenvalue weighted by atomic mass is 19.4. The third-order valence-electron chi connectivity index (χ3n) is 3.66. The van der Waals surface area contributed by atoms with Crippen LogP contribution in [0, 0.1) is 11.8 Å². The van der Waals surface area contributed by atoms with Gasteiger partial charge in [-0.3, -0.25) is 0 Å². The van der Waals surface area contributed by atoms with Gasteiger partial charge in [0, 0.05) is 6.04 Å². The first-order chi connectivity index (χ1) is 8.42. The quantitative estimate of drug-likeness (QED) is 0.796. The summed E-state index contributed by atoms with van der Waals surface area (Å²) in [5.74, 6) is 1.20. The lowest BCUT2D eigenvalue weighted by molar-refractivity contribution is -0.176. The second-order valence-corrected chi connectivity index (χ2v) is 5.31. The molecule has 1 rings (SSSR count). The van der Waals surface area contributed by atoms with Crippen molar-refractivity contribution in [1.29, 1.82) is 0 Å². The van der Waals surface area contributed by atoms with Crippen LogP contribution < -0.4 is 5.32 Å². The minimum atomic E-state index is -4.22. The van der Waals surface area contributed by atoms with Crippen LogP contribution in [0.2, 0.25) is 0 Å². The highest BCUT2D eigenvalue weighted by Gasteiger charge is 2.30. The number of likely N-dealkylation sites (N-methyl/N-ethyl adjacent to an activating group) is 1. The molecule has 0 aromatic heterocycles. The molecule has 1 aliphatic rings. The van der Waals surface area contributed by atoms with Crippen LogP contribution in [0.4, 0.5) is 13.2 Å². The second-order valence-electron chi connectivity index (χ2n) is 5.31. The monoisotopic (exact) mass is 267 g/mol. The maximum atomic E-state index is 12.0. The van der Waals surface area contributed by atoms with Crippen LogP contribution >= 0.6 is 0 Å². The fourth-order valence-corrected chi connectivity index (χ4v) is 2.61. The second kappa shape index (κ2) is 7.34. The van der Waals surface area contributed by atoms with Gasteiger partial charge < -0.3 is 10.1 Å². The van der Waals surface area contributed by atoms with Crippen molar-refractivity contribution in [1.82, 2.24) is 5.32 Å². The van der Waals surface area contributed by atoms with Gasteiger partial charge in [-0.25, -0.2) is 0 Å². The average molecular weight is 267 g/mol. The summed E-state index contributed by atoms with van der Waals surface area (Å²) in [4.78, 5) is 0. The lowest BCUT2D eigenvalue weighted by Crippen LogP contribution is -2.42. The SMILES string of the molecule is CCNC(COCC(F)(F)F)C1CCC(C)CC1. The van der Waals surface area contributed by atoms with Crippen molar-refractivity contribution in [2.45, 2.75) is 51.7 Å². The average Bonchev–Trinajstić information content (AvgIpc) is 2.27. The molecule has 0 spiro atoms. The van der Waals surface area contributed by atoms with Crippen molar-refractivity contribution >= 4 is 0 Å². The molecule has 2 nitrogen and oxygen atoms in total. The molecule has 0 aromatic rings. The molecular formula is C13H24F3NO. The molecule has 1 unspecified atom stereocenters. The highest BCUT2D eigenvalue weighted by molar-refractivity contribution is 4.80. The number of ether oxygens (including phenoxy) is 1. The van der Waals surface area contributed by atoms with Crippen molar-refractivity contribution < 1.29 is 17.9 Å². The van der Waals surface area contributed by atoms with Crippen LogP contribution in [0.3, 0.4) is 0 Å². The van der Waals surface area contributed by atoms with Gasteiger partial charge in [0.1, 0.15) is 6.61 Å². The van der Waals surface area contributed by atoms with E-state index in [1.54, 1.807) is 0 Å². The van der Waals surface area contributed by atoms with Gasteiger partial charge in [-0.05, 0) is 31.2 Å². The van der Waals surface area contributed by atoms with Gasteiger partial charge >= 0.3 is 6.18 Å². The molecule has 0 bridgehead atoms. The van der Waals surface area contributed by atoms with E-state index >= 15 is 0 Å². The van der Waals surface area contributed by atoms with Crippen molar-refractivity contribution in [3.63, 3.8) is 0 Å². The lowest BCUT2D eigenvalue weighted by Gasteiger charge is -2.33. The van der Waals surface area contributed by atoms with Crippen LogP contribution in [-0.2, 0) is 4.74 Å². The molecule has 0 saturated heterocycles. The van der Waals surface area contributed by atoms with Gasteiger partial charge in [-0.1, -0.05) is 26.7 Å². The Hall–Kier alpha value is -0.290. The zero-order valence-electron chi connectivity index (χ0n) is 11.2. The Bertz CT molecular complexity index is 225. The van der Waals surface area contributed by atoms with E-state index in [2.05, 4.69) is 12.2 Å². The molecule has 0 amide bonds. The number of halogens is 3. The van der Waals surface area contributed by atoms with Gasteiger partial charge in [0.2, 0.25) is 0 Å². The zero-order chi connectivity index (χ0) is 13.6. The summed E-state index contributed by atoms with van der Waals surface area (Å²) in [5.41, 5.74) is 0. The molecule has 108 valence electrons. The fourth-order valence-electron chi connectivity index (χ4n) is 2.61. The number of hydrogen-bond donors (Lipinski definition) is 1. The van der Waals surface area contributed by atoms with Gasteiger partial charge in [-0.2, -0.15) is 13.2 Å². The molecule has 1 atom stereocenters. The molecule has 5 heteroatoms. The van der Waals surface area contributed by atoms with Crippen LogP contribution in [0.15, 0.2) is 0 Å². The van der Waals surface area contributed by atoms with E-state index in [1.165, 1.54) is 12.8 Å². The Kier molecular flexibility index (Phi) is 6.43. The summed E-state index contributed by atoms with van der Waals surface area (Å²) in [6, 6.07) is 0.0600. The first-order valence-corrected chi connectivity index (χ1v) is 6.80. The Morgan fingerprint density at radius 3 is 2.33 bits per heavy atom. The Morgan fingerprint density at radius 1 is 1.22 bits per heavy atom. The normalized spacial score (nSPS) is 27.2. The van der Waals surface area contributed by atoms with E-state index in [0.717, 1.165) is 25.3 Å². The smallest absolute Gasteiger partial charge is 0.370 e. The molecule has 0 aliphatic heterocycles. The first-order valence-electron chi connectivity index (χ1n) is 6.80. The maximum Gasteiger partial charge on any atom is 0.411 e. The molecule has 1 N–H and O–H groups in total. The molecule has 18 heavy (non-hydrogen) atoms. The topological polar surface area (TPSA) is 21.3 Å². The first kappa shape index (κ1) is 15.8. The molecule has 1 fully saturated rings. The van der Waals surface area contributed by atoms with E-state index < -0.39 is 12.8 Å². The maximum absolute atomic E-state index is 12.0. The minimum absolute atomic E-state index is 0.0600. The van der Waals surface area contributed by atoms with Crippen molar-refractivity contribution in [2.24, 2.45) is 11.8 Å². The Balaban J connectivity index is 2.34. The standard InChI is InChI=1S/C13H24F3NO/c1-3-17-12(8-18-9-13(14,15)16)11-6-4-10(2)5-7-11/h10-12,17H,3-9H2,1-2H3. The largest absolute Gasteiger partial charge is 0.411 e. The summed E-state index contributed by atoms with van der Waals surface area (Å²) >= 11 is 0. The van der Waals surface area contributed by atoms with Crippen LogP contribution in [0.1, 0.15) is 39.5 Å². The third-order valence-corrected chi connectivity index (χ3v) is 3.66. The molecule has 1 saturated carbocycles. The predicted octanol–water partition coefficient (Wildman–Crippen LogP) is 3.37. The predicted molar refractivity (Wildman–Crippen MR) is 65.5 cm³/mol. The minimum Gasteiger partial charge on any atom is -0.370 e. The Labute approximate surface area is 107 Å². The summed E-state index contributed by atoms with van der Waals surface area (Å²) in [5, 5.41) is 3.26. The summed E-state index contributed by atoms with van der Waals surface area (Å²) in [7, 11) is 0. The number of alkyl halides is 3. The molecule has 0 heterocycles. The third kappa shape index (κ3) is 6.05. The highest BCUT2D eigenvalue weighted by Crippen LogP contribution is 2.30. The van der Waals surface area contributed by atoms with Gasteiger partial charge in [-0.15, -0.1) is 0 Å². The molecule has 0 aromatic carbocycles. The number of rotatable bonds is 6. The van der Waals surface area contributed by atoms with Gasteiger partial charge in [0.15, 0.2) is 0 Å². The number of hydrogen-bond acceptors (Lipinski definition) is 2. The van der Waals surface area contributed by atoms with E-state index in [-0.39, 0.29) is 12.6 Å². The van der Waals surface area contributed by atoms with Crippen LogP contribution in [0.25, 0.3) is 0 Å². The van der Waals surface area contributed by atoms with Crippen molar-refractivity contribution in [2.75, 3.05) is 19.8 Å². The van der Waals surface area contributed by atoms with E-state index in [1.807, 2.05) is 6.92 Å². The summed E-state index contributed by atoms with van der Waals surface area (Å²) in [6.45, 7) is 4.00.